The van der Waals surface area contributed by atoms with Crippen molar-refractivity contribution in [2.45, 2.75) is 12.5 Å². The maximum atomic E-state index is 12.5. The third kappa shape index (κ3) is 5.24. The molecule has 0 radical (unpaired) electrons. The van der Waals surface area contributed by atoms with Gasteiger partial charge in [-0.15, -0.1) is 0 Å². The summed E-state index contributed by atoms with van der Waals surface area (Å²) in [5.74, 6) is 0.403. The van der Waals surface area contributed by atoms with Gasteiger partial charge in [-0.2, -0.15) is 4.98 Å². The minimum absolute atomic E-state index is 0.0796. The standard InChI is InChI=1S/C24H28N6O4/c25-24-28-20-6-5-19(27-21(20)23(29-24)34-18-7-12-33-15-18)16-1-3-17(4-2-16)22(31)26-8-9-30-10-13-32-14-11-30/h1-6,18H,7-15H2,(H,26,31)(H2,25,28,29). The van der Waals surface area contributed by atoms with E-state index in [0.717, 1.165) is 50.5 Å². The van der Waals surface area contributed by atoms with E-state index >= 15 is 0 Å². The summed E-state index contributed by atoms with van der Waals surface area (Å²) in [7, 11) is 0. The molecule has 0 saturated carbocycles. The summed E-state index contributed by atoms with van der Waals surface area (Å²) < 4.78 is 16.8. The lowest BCUT2D eigenvalue weighted by molar-refractivity contribution is 0.0383. The molecule has 10 heteroatoms. The number of aromatic nitrogens is 3. The van der Waals surface area contributed by atoms with E-state index in [1.54, 1.807) is 12.1 Å². The fraction of sp³-hybridized carbons (Fsp3) is 0.417. The number of benzene rings is 1. The van der Waals surface area contributed by atoms with Crippen molar-refractivity contribution in [1.82, 2.24) is 25.2 Å². The van der Waals surface area contributed by atoms with E-state index in [1.807, 2.05) is 24.3 Å². The van der Waals surface area contributed by atoms with Gasteiger partial charge in [-0.05, 0) is 24.3 Å². The molecule has 3 aromatic rings. The smallest absolute Gasteiger partial charge is 0.251 e. The van der Waals surface area contributed by atoms with Crippen LogP contribution in [-0.4, -0.2) is 84.5 Å². The average molecular weight is 465 g/mol. The molecule has 5 rings (SSSR count). The molecule has 178 valence electrons. The number of nitrogens with one attached hydrogen (secondary N) is 1. The highest BCUT2D eigenvalue weighted by atomic mass is 16.5. The molecular weight excluding hydrogens is 436 g/mol. The van der Waals surface area contributed by atoms with Crippen molar-refractivity contribution in [2.75, 3.05) is 58.3 Å². The fourth-order valence-electron chi connectivity index (χ4n) is 4.06. The third-order valence-corrected chi connectivity index (χ3v) is 5.95. The number of hydrogen-bond donors (Lipinski definition) is 2. The van der Waals surface area contributed by atoms with Crippen LogP contribution in [0.15, 0.2) is 36.4 Å². The number of carbonyl (C=O) groups excluding carboxylic acids is 1. The minimum atomic E-state index is -0.0929. The Hall–Kier alpha value is -3.34. The number of rotatable bonds is 7. The summed E-state index contributed by atoms with van der Waals surface area (Å²) in [5, 5.41) is 2.98. The fourth-order valence-corrected chi connectivity index (χ4v) is 4.06. The van der Waals surface area contributed by atoms with Crippen molar-refractivity contribution < 1.29 is 19.0 Å². The predicted octanol–water partition coefficient (Wildman–Crippen LogP) is 1.50. The van der Waals surface area contributed by atoms with Gasteiger partial charge in [0.2, 0.25) is 11.8 Å². The SMILES string of the molecule is Nc1nc(OC2CCOC2)c2nc(-c3ccc(C(=O)NCCN4CCOCC4)cc3)ccc2n1. The Bertz CT molecular complexity index is 1140. The first-order valence-corrected chi connectivity index (χ1v) is 11.5. The normalized spacial score (nSPS) is 18.8. The molecule has 2 fully saturated rings. The van der Waals surface area contributed by atoms with Gasteiger partial charge in [0.1, 0.15) is 6.10 Å². The monoisotopic (exact) mass is 464 g/mol. The first-order valence-electron chi connectivity index (χ1n) is 11.5. The summed E-state index contributed by atoms with van der Waals surface area (Å²) in [4.78, 5) is 28.1. The molecule has 10 nitrogen and oxygen atoms in total. The molecule has 0 aliphatic carbocycles. The first kappa shape index (κ1) is 22.5. The minimum Gasteiger partial charge on any atom is -0.470 e. The molecule has 2 aromatic heterocycles. The molecule has 3 N–H and O–H groups in total. The number of carbonyl (C=O) groups is 1. The largest absolute Gasteiger partial charge is 0.470 e. The Labute approximate surface area is 197 Å². The maximum absolute atomic E-state index is 12.5. The van der Waals surface area contributed by atoms with Gasteiger partial charge >= 0.3 is 0 Å². The number of nitrogens with two attached hydrogens (primary N) is 1. The van der Waals surface area contributed by atoms with E-state index < -0.39 is 0 Å². The van der Waals surface area contributed by atoms with Crippen LogP contribution in [0.4, 0.5) is 5.95 Å². The van der Waals surface area contributed by atoms with Crippen LogP contribution >= 0.6 is 0 Å². The molecule has 0 bridgehead atoms. The number of hydrogen-bond acceptors (Lipinski definition) is 9. The number of nitrogen functional groups attached to an aromatic ring is 1. The van der Waals surface area contributed by atoms with E-state index in [4.69, 9.17) is 24.9 Å². The second-order valence-electron chi connectivity index (χ2n) is 8.34. The van der Waals surface area contributed by atoms with Crippen LogP contribution in [0.5, 0.6) is 5.88 Å². The average Bonchev–Trinajstić information content (AvgIpc) is 3.38. The van der Waals surface area contributed by atoms with Crippen molar-refractivity contribution in [3.05, 3.63) is 42.0 Å². The van der Waals surface area contributed by atoms with Gasteiger partial charge in [0, 0.05) is 43.7 Å². The Kier molecular flexibility index (Phi) is 6.79. The molecule has 0 spiro atoms. The van der Waals surface area contributed by atoms with E-state index in [-0.39, 0.29) is 18.0 Å². The lowest BCUT2D eigenvalue weighted by Crippen LogP contribution is -2.41. The molecule has 1 atom stereocenters. The quantitative estimate of drug-likeness (QED) is 0.535. The number of ether oxygens (including phenoxy) is 3. The van der Waals surface area contributed by atoms with Crippen LogP contribution in [0.25, 0.3) is 22.3 Å². The Morgan fingerprint density at radius 1 is 1.06 bits per heavy atom. The molecular formula is C24H28N6O4. The number of pyridine rings is 1. The van der Waals surface area contributed by atoms with Gasteiger partial charge in [-0.1, -0.05) is 12.1 Å². The zero-order valence-corrected chi connectivity index (χ0v) is 18.9. The van der Waals surface area contributed by atoms with Gasteiger partial charge in [0.15, 0.2) is 5.52 Å². The van der Waals surface area contributed by atoms with E-state index in [2.05, 4.69) is 20.2 Å². The van der Waals surface area contributed by atoms with Crippen LogP contribution in [0.3, 0.4) is 0 Å². The van der Waals surface area contributed by atoms with Crippen molar-refractivity contribution in [2.24, 2.45) is 0 Å². The van der Waals surface area contributed by atoms with Crippen molar-refractivity contribution in [3.8, 4) is 17.1 Å². The lowest BCUT2D eigenvalue weighted by Gasteiger charge is -2.26. The van der Waals surface area contributed by atoms with Crippen LogP contribution in [0, 0.1) is 0 Å². The van der Waals surface area contributed by atoms with Crippen molar-refractivity contribution >= 4 is 22.9 Å². The van der Waals surface area contributed by atoms with E-state index in [1.165, 1.54) is 0 Å². The lowest BCUT2D eigenvalue weighted by atomic mass is 10.1. The topological polar surface area (TPSA) is 125 Å². The van der Waals surface area contributed by atoms with Gasteiger partial charge < -0.3 is 25.3 Å². The summed E-state index contributed by atoms with van der Waals surface area (Å²) in [6.45, 7) is 5.91. The first-order chi connectivity index (χ1) is 16.7. The second kappa shape index (κ2) is 10.3. The predicted molar refractivity (Wildman–Crippen MR) is 127 cm³/mol. The van der Waals surface area contributed by atoms with E-state index in [0.29, 0.717) is 42.2 Å². The zero-order valence-electron chi connectivity index (χ0n) is 18.9. The molecule has 2 aliphatic heterocycles. The molecule has 4 heterocycles. The molecule has 1 aromatic carbocycles. The molecule has 2 saturated heterocycles. The van der Waals surface area contributed by atoms with Crippen molar-refractivity contribution in [3.63, 3.8) is 0 Å². The van der Waals surface area contributed by atoms with Gasteiger partial charge in [-0.25, -0.2) is 9.97 Å². The maximum Gasteiger partial charge on any atom is 0.251 e. The van der Waals surface area contributed by atoms with Gasteiger partial charge in [0.25, 0.3) is 5.91 Å². The van der Waals surface area contributed by atoms with Crippen molar-refractivity contribution in [1.29, 1.82) is 0 Å². The highest BCUT2D eigenvalue weighted by Crippen LogP contribution is 2.27. The number of anilines is 1. The van der Waals surface area contributed by atoms with Crippen LogP contribution in [0.2, 0.25) is 0 Å². The Morgan fingerprint density at radius 2 is 1.88 bits per heavy atom. The number of morpholine rings is 1. The van der Waals surface area contributed by atoms with Crippen LogP contribution in [-0.2, 0) is 9.47 Å². The summed E-state index contributed by atoms with van der Waals surface area (Å²) in [5.41, 5.74) is 9.23. The molecule has 2 aliphatic rings. The Morgan fingerprint density at radius 3 is 2.65 bits per heavy atom. The molecule has 1 unspecified atom stereocenters. The van der Waals surface area contributed by atoms with Gasteiger partial charge in [-0.3, -0.25) is 9.69 Å². The Balaban J connectivity index is 1.28. The number of nitrogens with zero attached hydrogens (tertiary/aromatic N) is 4. The van der Waals surface area contributed by atoms with Crippen LogP contribution < -0.4 is 15.8 Å². The molecule has 1 amide bonds. The third-order valence-electron chi connectivity index (χ3n) is 5.95. The number of fused-ring (bicyclic) bond motifs is 1. The highest BCUT2D eigenvalue weighted by Gasteiger charge is 2.21. The van der Waals surface area contributed by atoms with E-state index in [9.17, 15) is 4.79 Å². The summed E-state index contributed by atoms with van der Waals surface area (Å²) in [6, 6.07) is 11.1. The second-order valence-corrected chi connectivity index (χ2v) is 8.34. The summed E-state index contributed by atoms with van der Waals surface area (Å²) in [6.07, 6.45) is 0.713. The molecule has 34 heavy (non-hydrogen) atoms. The highest BCUT2D eigenvalue weighted by molar-refractivity contribution is 5.94. The summed E-state index contributed by atoms with van der Waals surface area (Å²) >= 11 is 0. The van der Waals surface area contributed by atoms with Crippen LogP contribution in [0.1, 0.15) is 16.8 Å². The number of amides is 1. The zero-order chi connectivity index (χ0) is 23.3. The van der Waals surface area contributed by atoms with Gasteiger partial charge in [0.05, 0.1) is 37.6 Å².